The van der Waals surface area contributed by atoms with Gasteiger partial charge in [-0.2, -0.15) is 0 Å². The highest BCUT2D eigenvalue weighted by Crippen LogP contribution is 2.25. The Balaban J connectivity index is 0.000000224. The molecule has 0 fully saturated rings. The van der Waals surface area contributed by atoms with Crippen molar-refractivity contribution in [3.63, 3.8) is 0 Å². The maximum atomic E-state index is 10.2. The number of hydrogen-bond donors (Lipinski definition) is 2. The number of hydrogen-bond acceptors (Lipinski definition) is 3. The number of para-hydroxylation sites is 3. The molecule has 0 unspecified atom stereocenters. The number of anilines is 3. The molecule has 0 aromatic heterocycles. The Bertz CT molecular complexity index is 952. The lowest BCUT2D eigenvalue weighted by Crippen LogP contribution is -2.24. The quantitative estimate of drug-likeness (QED) is 0.401. The zero-order chi connectivity index (χ0) is 20.3. The Labute approximate surface area is 170 Å². The summed E-state index contributed by atoms with van der Waals surface area (Å²) in [6, 6.07) is 39.0. The van der Waals surface area contributed by atoms with Crippen LogP contribution in [0.4, 0.5) is 17.1 Å². The number of aromatic carboxylic acids is 1. The zero-order valence-corrected chi connectivity index (χ0v) is 15.8. The molecule has 4 aromatic carbocycles. The fourth-order valence-corrected chi connectivity index (χ4v) is 2.65. The van der Waals surface area contributed by atoms with E-state index in [0.717, 1.165) is 17.1 Å². The van der Waals surface area contributed by atoms with Crippen LogP contribution < -0.4 is 10.4 Å². The number of rotatable bonds is 5. The first-order valence-corrected chi connectivity index (χ1v) is 9.24. The van der Waals surface area contributed by atoms with Crippen molar-refractivity contribution in [2.24, 2.45) is 0 Å². The standard InChI is InChI=1S/C18H16N2.C7H6O2/c1-4-10-16(11-5-1)19-20(17-12-6-2-7-13-17)18-14-8-3-9-15-18;8-7(9)6-4-2-1-3-5-6/h1-15,19H;1-5H,(H,8,9). The number of nitrogens with zero attached hydrogens (tertiary/aromatic N) is 1. The van der Waals surface area contributed by atoms with Gasteiger partial charge in [0.1, 0.15) is 0 Å². The van der Waals surface area contributed by atoms with Gasteiger partial charge in [-0.1, -0.05) is 72.8 Å². The third kappa shape index (κ3) is 5.97. The normalized spacial score (nSPS) is 9.66. The van der Waals surface area contributed by atoms with E-state index in [1.807, 2.05) is 54.6 Å². The smallest absolute Gasteiger partial charge is 0.335 e. The molecule has 0 heterocycles. The van der Waals surface area contributed by atoms with Crippen LogP contribution in [0.5, 0.6) is 0 Å². The maximum absolute atomic E-state index is 10.2. The van der Waals surface area contributed by atoms with E-state index in [2.05, 4.69) is 46.8 Å². The monoisotopic (exact) mass is 382 g/mol. The van der Waals surface area contributed by atoms with Crippen LogP contribution in [-0.4, -0.2) is 11.1 Å². The lowest BCUT2D eigenvalue weighted by molar-refractivity contribution is 0.0697. The SMILES string of the molecule is O=C(O)c1ccccc1.c1ccc(NN(c2ccccc2)c2ccccc2)cc1. The van der Waals surface area contributed by atoms with E-state index in [9.17, 15) is 4.79 Å². The van der Waals surface area contributed by atoms with Gasteiger partial charge in [0.2, 0.25) is 0 Å². The van der Waals surface area contributed by atoms with Crippen LogP contribution in [0.15, 0.2) is 121 Å². The number of carboxylic acid groups (broad SMARTS) is 1. The van der Waals surface area contributed by atoms with Gasteiger partial charge < -0.3 is 5.11 Å². The number of benzene rings is 4. The molecule has 144 valence electrons. The van der Waals surface area contributed by atoms with Gasteiger partial charge in [-0.05, 0) is 48.5 Å². The predicted molar refractivity (Wildman–Crippen MR) is 118 cm³/mol. The highest BCUT2D eigenvalue weighted by atomic mass is 16.4. The van der Waals surface area contributed by atoms with Crippen molar-refractivity contribution < 1.29 is 9.90 Å². The molecule has 0 spiro atoms. The van der Waals surface area contributed by atoms with E-state index in [1.165, 1.54) is 0 Å². The summed E-state index contributed by atoms with van der Waals surface area (Å²) in [5, 5.41) is 10.5. The molecule has 0 aliphatic rings. The lowest BCUT2D eigenvalue weighted by Gasteiger charge is -2.26. The van der Waals surface area contributed by atoms with Gasteiger partial charge in [-0.25, -0.2) is 4.79 Å². The van der Waals surface area contributed by atoms with Crippen molar-refractivity contribution in [2.75, 3.05) is 10.4 Å². The molecular weight excluding hydrogens is 360 g/mol. The van der Waals surface area contributed by atoms with Gasteiger partial charge in [0.05, 0.1) is 22.6 Å². The van der Waals surface area contributed by atoms with Gasteiger partial charge in [0, 0.05) is 0 Å². The second-order valence-electron chi connectivity index (χ2n) is 6.16. The van der Waals surface area contributed by atoms with Crippen molar-refractivity contribution in [1.82, 2.24) is 0 Å². The first-order chi connectivity index (χ1) is 14.2. The molecule has 2 N–H and O–H groups in total. The summed E-state index contributed by atoms with van der Waals surface area (Å²) in [4.78, 5) is 10.2. The highest BCUT2D eigenvalue weighted by Gasteiger charge is 2.08. The molecule has 4 aromatic rings. The first kappa shape index (κ1) is 19.7. The largest absolute Gasteiger partial charge is 0.478 e. The van der Waals surface area contributed by atoms with Crippen molar-refractivity contribution >= 4 is 23.0 Å². The first-order valence-electron chi connectivity index (χ1n) is 9.24. The van der Waals surface area contributed by atoms with Crippen LogP contribution >= 0.6 is 0 Å². The summed E-state index contributed by atoms with van der Waals surface area (Å²) in [5.41, 5.74) is 7.03. The Morgan fingerprint density at radius 1 is 0.586 bits per heavy atom. The molecule has 0 atom stereocenters. The minimum atomic E-state index is -0.879. The summed E-state index contributed by atoms with van der Waals surface area (Å²) in [7, 11) is 0. The number of nitrogens with one attached hydrogen (secondary N) is 1. The predicted octanol–water partition coefficient (Wildman–Crippen LogP) is 6.24. The van der Waals surface area contributed by atoms with E-state index in [4.69, 9.17) is 5.11 Å². The van der Waals surface area contributed by atoms with Crippen molar-refractivity contribution in [3.8, 4) is 0 Å². The summed E-state index contributed by atoms with van der Waals surface area (Å²) in [6.45, 7) is 0. The van der Waals surface area contributed by atoms with Crippen LogP contribution in [0.2, 0.25) is 0 Å². The Morgan fingerprint density at radius 2 is 0.966 bits per heavy atom. The average Bonchev–Trinajstić information content (AvgIpc) is 2.80. The molecule has 4 rings (SSSR count). The van der Waals surface area contributed by atoms with E-state index in [1.54, 1.807) is 30.3 Å². The zero-order valence-electron chi connectivity index (χ0n) is 15.8. The van der Waals surface area contributed by atoms with Gasteiger partial charge in [0.15, 0.2) is 0 Å². The molecule has 0 radical (unpaired) electrons. The van der Waals surface area contributed by atoms with Crippen molar-refractivity contribution in [3.05, 3.63) is 127 Å². The van der Waals surface area contributed by atoms with Gasteiger partial charge in [-0.15, -0.1) is 0 Å². The summed E-state index contributed by atoms with van der Waals surface area (Å²) in [5.74, 6) is -0.879. The fourth-order valence-electron chi connectivity index (χ4n) is 2.65. The molecule has 4 nitrogen and oxygen atoms in total. The van der Waals surface area contributed by atoms with Crippen molar-refractivity contribution in [1.29, 1.82) is 0 Å². The minimum Gasteiger partial charge on any atom is -0.478 e. The highest BCUT2D eigenvalue weighted by molar-refractivity contribution is 5.87. The topological polar surface area (TPSA) is 52.6 Å². The molecular formula is C25H22N2O2. The van der Waals surface area contributed by atoms with Crippen LogP contribution in [0.25, 0.3) is 0 Å². The maximum Gasteiger partial charge on any atom is 0.335 e. The molecule has 0 saturated carbocycles. The van der Waals surface area contributed by atoms with Gasteiger partial charge in [-0.3, -0.25) is 10.4 Å². The summed E-state index contributed by atoms with van der Waals surface area (Å²) >= 11 is 0. The fraction of sp³-hybridized carbons (Fsp3) is 0. The summed E-state index contributed by atoms with van der Waals surface area (Å²) < 4.78 is 0. The van der Waals surface area contributed by atoms with Gasteiger partial charge in [0.25, 0.3) is 0 Å². The number of carbonyl (C=O) groups is 1. The van der Waals surface area contributed by atoms with E-state index in [0.29, 0.717) is 5.56 Å². The Morgan fingerprint density at radius 3 is 1.34 bits per heavy atom. The van der Waals surface area contributed by atoms with Crippen LogP contribution in [0.1, 0.15) is 10.4 Å². The van der Waals surface area contributed by atoms with E-state index >= 15 is 0 Å². The lowest BCUT2D eigenvalue weighted by atomic mass is 10.2. The molecule has 0 saturated heterocycles. The van der Waals surface area contributed by atoms with Gasteiger partial charge >= 0.3 is 5.97 Å². The average molecular weight is 382 g/mol. The molecule has 0 aliphatic heterocycles. The third-order valence-electron chi connectivity index (χ3n) is 4.06. The Kier molecular flexibility index (Phi) is 7.02. The second kappa shape index (κ2) is 10.3. The Hall–Kier alpha value is -4.05. The van der Waals surface area contributed by atoms with Crippen LogP contribution in [-0.2, 0) is 0 Å². The van der Waals surface area contributed by atoms with Crippen LogP contribution in [0.3, 0.4) is 0 Å². The van der Waals surface area contributed by atoms with Crippen molar-refractivity contribution in [2.45, 2.75) is 0 Å². The molecule has 29 heavy (non-hydrogen) atoms. The number of carboxylic acids is 1. The van der Waals surface area contributed by atoms with E-state index < -0.39 is 5.97 Å². The summed E-state index contributed by atoms with van der Waals surface area (Å²) in [6.07, 6.45) is 0. The third-order valence-corrected chi connectivity index (χ3v) is 4.06. The minimum absolute atomic E-state index is 0.331. The molecule has 0 bridgehead atoms. The molecule has 0 amide bonds. The molecule has 0 aliphatic carbocycles. The second-order valence-corrected chi connectivity index (χ2v) is 6.16. The molecule has 4 heteroatoms. The van der Waals surface area contributed by atoms with Crippen LogP contribution in [0, 0.1) is 0 Å². The van der Waals surface area contributed by atoms with E-state index in [-0.39, 0.29) is 0 Å². The number of hydrazine groups is 1.